The third-order valence-electron chi connectivity index (χ3n) is 1.67. The zero-order chi connectivity index (χ0) is 9.84. The van der Waals surface area contributed by atoms with Crippen LogP contribution in [0.3, 0.4) is 0 Å². The summed E-state index contributed by atoms with van der Waals surface area (Å²) in [7, 11) is 3.19. The minimum absolute atomic E-state index is 0.413. The van der Waals surface area contributed by atoms with Crippen LogP contribution in [0, 0.1) is 0 Å². The van der Waals surface area contributed by atoms with Crippen LogP contribution in [-0.2, 0) is 18.3 Å². The average Bonchev–Trinajstić information content (AvgIpc) is 2.41. The highest BCUT2D eigenvalue weighted by Gasteiger charge is 2.03. The number of alkyl carbamates (subject to hydrolysis) is 1. The smallest absolute Gasteiger partial charge is 0.407 e. The fraction of sp³-hybridized carbons (Fsp3) is 0.375. The predicted octanol–water partition coefficient (Wildman–Crippen LogP) is 1.53. The van der Waals surface area contributed by atoms with Gasteiger partial charge in [0.05, 0.1) is 18.7 Å². The molecule has 0 saturated heterocycles. The summed E-state index contributed by atoms with van der Waals surface area (Å²) in [5.41, 5.74) is 0.926. The second-order valence-corrected chi connectivity index (χ2v) is 3.04. The molecule has 13 heavy (non-hydrogen) atoms. The van der Waals surface area contributed by atoms with Crippen molar-refractivity contribution in [2.45, 2.75) is 6.54 Å². The first-order valence-electron chi connectivity index (χ1n) is 3.76. The summed E-state index contributed by atoms with van der Waals surface area (Å²) in [4.78, 5) is 10.7. The van der Waals surface area contributed by atoms with Crippen molar-refractivity contribution in [2.24, 2.45) is 7.05 Å². The third kappa shape index (κ3) is 2.66. The molecule has 0 aromatic carbocycles. The van der Waals surface area contributed by atoms with Crippen molar-refractivity contribution in [3.63, 3.8) is 0 Å². The number of aryl methyl sites for hydroxylation is 1. The van der Waals surface area contributed by atoms with E-state index in [-0.39, 0.29) is 0 Å². The highest BCUT2D eigenvalue weighted by Crippen LogP contribution is 2.12. The van der Waals surface area contributed by atoms with Crippen LogP contribution in [0.1, 0.15) is 5.69 Å². The molecule has 1 heterocycles. The Morgan fingerprint density at radius 3 is 2.92 bits per heavy atom. The van der Waals surface area contributed by atoms with E-state index in [1.54, 1.807) is 12.3 Å². The lowest BCUT2D eigenvalue weighted by molar-refractivity contribution is 0.170. The largest absolute Gasteiger partial charge is 0.453 e. The molecule has 0 atom stereocenters. The fourth-order valence-electron chi connectivity index (χ4n) is 0.977. The Morgan fingerprint density at radius 1 is 1.77 bits per heavy atom. The van der Waals surface area contributed by atoms with Crippen molar-refractivity contribution in [1.82, 2.24) is 9.88 Å². The fourth-order valence-corrected chi connectivity index (χ4v) is 1.25. The zero-order valence-corrected chi connectivity index (χ0v) is 8.26. The van der Waals surface area contributed by atoms with Crippen LogP contribution in [0.2, 0.25) is 5.02 Å². The van der Waals surface area contributed by atoms with Crippen LogP contribution in [0.4, 0.5) is 4.79 Å². The van der Waals surface area contributed by atoms with Crippen LogP contribution in [-0.4, -0.2) is 17.8 Å². The van der Waals surface area contributed by atoms with E-state index in [1.807, 2.05) is 11.6 Å². The highest BCUT2D eigenvalue weighted by molar-refractivity contribution is 6.30. The number of ether oxygens (including phenoxy) is 1. The van der Waals surface area contributed by atoms with Gasteiger partial charge in [0, 0.05) is 18.9 Å². The molecule has 0 aliphatic heterocycles. The summed E-state index contributed by atoms with van der Waals surface area (Å²) in [6, 6.07) is 1.79. The number of rotatable bonds is 2. The lowest BCUT2D eigenvalue weighted by atomic mass is 10.4. The van der Waals surface area contributed by atoms with Gasteiger partial charge in [0.1, 0.15) is 0 Å². The maximum atomic E-state index is 10.7. The van der Waals surface area contributed by atoms with Gasteiger partial charge in [-0.25, -0.2) is 4.79 Å². The topological polar surface area (TPSA) is 43.3 Å². The summed E-state index contributed by atoms with van der Waals surface area (Å²) in [6.45, 7) is 0.413. The van der Waals surface area contributed by atoms with Gasteiger partial charge in [-0.15, -0.1) is 0 Å². The molecular formula is C8H11ClN2O2. The van der Waals surface area contributed by atoms with Crippen molar-refractivity contribution >= 4 is 17.7 Å². The molecule has 0 spiro atoms. The Hall–Kier alpha value is -1.16. The molecule has 0 unspecified atom stereocenters. The van der Waals surface area contributed by atoms with Crippen molar-refractivity contribution < 1.29 is 9.53 Å². The normalized spacial score (nSPS) is 9.77. The number of halogens is 1. The quantitative estimate of drug-likeness (QED) is 0.791. The molecular weight excluding hydrogens is 192 g/mol. The molecule has 1 amide bonds. The number of nitrogens with zero attached hydrogens (tertiary/aromatic N) is 1. The Labute approximate surface area is 81.4 Å². The van der Waals surface area contributed by atoms with E-state index in [9.17, 15) is 4.79 Å². The second-order valence-electron chi connectivity index (χ2n) is 2.61. The molecule has 4 nitrogen and oxygen atoms in total. The molecule has 0 bridgehead atoms. The van der Waals surface area contributed by atoms with E-state index < -0.39 is 6.09 Å². The minimum atomic E-state index is -0.447. The third-order valence-corrected chi connectivity index (χ3v) is 1.88. The molecule has 0 aliphatic carbocycles. The molecule has 1 rings (SSSR count). The van der Waals surface area contributed by atoms with Crippen LogP contribution in [0.25, 0.3) is 0 Å². The summed E-state index contributed by atoms with van der Waals surface area (Å²) in [6.07, 6.45) is 1.33. The molecule has 1 aromatic rings. The Kier molecular flexibility index (Phi) is 3.19. The summed E-state index contributed by atoms with van der Waals surface area (Å²) in [5, 5.41) is 3.22. The number of hydrogen-bond acceptors (Lipinski definition) is 2. The second kappa shape index (κ2) is 4.18. The number of nitrogens with one attached hydrogen (secondary N) is 1. The van der Waals surface area contributed by atoms with Crippen molar-refractivity contribution in [1.29, 1.82) is 0 Å². The van der Waals surface area contributed by atoms with Crippen molar-refractivity contribution in [2.75, 3.05) is 7.11 Å². The van der Waals surface area contributed by atoms with Crippen LogP contribution in [0.15, 0.2) is 12.3 Å². The first kappa shape index (κ1) is 9.92. The van der Waals surface area contributed by atoms with Gasteiger partial charge in [0.2, 0.25) is 0 Å². The maximum absolute atomic E-state index is 10.7. The van der Waals surface area contributed by atoms with Gasteiger partial charge in [-0.3, -0.25) is 0 Å². The lowest BCUT2D eigenvalue weighted by Crippen LogP contribution is -2.23. The summed E-state index contributed by atoms with van der Waals surface area (Å²) in [5.74, 6) is 0. The van der Waals surface area contributed by atoms with Gasteiger partial charge < -0.3 is 14.6 Å². The molecule has 1 N–H and O–H groups in total. The summed E-state index contributed by atoms with van der Waals surface area (Å²) >= 11 is 5.75. The molecule has 5 heteroatoms. The average molecular weight is 203 g/mol. The SMILES string of the molecule is COC(=O)NCc1cc(Cl)cn1C. The number of hydrogen-bond donors (Lipinski definition) is 1. The lowest BCUT2D eigenvalue weighted by Gasteiger charge is -2.03. The van der Waals surface area contributed by atoms with E-state index in [0.717, 1.165) is 5.69 Å². The van der Waals surface area contributed by atoms with Crippen LogP contribution >= 0.6 is 11.6 Å². The standard InChI is InChI=1S/C8H11ClN2O2/c1-11-5-6(9)3-7(11)4-10-8(12)13-2/h3,5H,4H2,1-2H3,(H,10,12). The van der Waals surface area contributed by atoms with Gasteiger partial charge in [-0.2, -0.15) is 0 Å². The number of carbonyl (C=O) groups excluding carboxylic acids is 1. The van der Waals surface area contributed by atoms with E-state index in [0.29, 0.717) is 11.6 Å². The zero-order valence-electron chi connectivity index (χ0n) is 7.50. The first-order chi connectivity index (χ1) is 6.13. The van der Waals surface area contributed by atoms with Gasteiger partial charge in [0.25, 0.3) is 0 Å². The number of amides is 1. The van der Waals surface area contributed by atoms with Crippen LogP contribution < -0.4 is 5.32 Å². The molecule has 72 valence electrons. The number of carbonyl (C=O) groups is 1. The number of methoxy groups -OCH3 is 1. The minimum Gasteiger partial charge on any atom is -0.453 e. The monoisotopic (exact) mass is 202 g/mol. The van der Waals surface area contributed by atoms with Crippen molar-refractivity contribution in [3.8, 4) is 0 Å². The van der Waals surface area contributed by atoms with E-state index in [1.165, 1.54) is 7.11 Å². The van der Waals surface area contributed by atoms with Crippen LogP contribution in [0.5, 0.6) is 0 Å². The Balaban J connectivity index is 2.54. The molecule has 0 fully saturated rings. The Bertz CT molecular complexity index is 309. The van der Waals surface area contributed by atoms with Gasteiger partial charge in [-0.05, 0) is 6.07 Å². The van der Waals surface area contributed by atoms with E-state index in [2.05, 4.69) is 10.1 Å². The molecule has 0 aliphatic rings. The van der Waals surface area contributed by atoms with E-state index >= 15 is 0 Å². The molecule has 0 saturated carbocycles. The molecule has 0 radical (unpaired) electrons. The van der Waals surface area contributed by atoms with E-state index in [4.69, 9.17) is 11.6 Å². The first-order valence-corrected chi connectivity index (χ1v) is 4.14. The van der Waals surface area contributed by atoms with Gasteiger partial charge in [0.15, 0.2) is 0 Å². The Morgan fingerprint density at radius 2 is 2.46 bits per heavy atom. The highest BCUT2D eigenvalue weighted by atomic mass is 35.5. The van der Waals surface area contributed by atoms with Crippen molar-refractivity contribution in [3.05, 3.63) is 23.0 Å². The predicted molar refractivity (Wildman–Crippen MR) is 49.7 cm³/mol. The summed E-state index contributed by atoms with van der Waals surface area (Å²) < 4.78 is 6.27. The molecule has 1 aromatic heterocycles. The van der Waals surface area contributed by atoms with Gasteiger partial charge >= 0.3 is 6.09 Å². The number of aromatic nitrogens is 1. The van der Waals surface area contributed by atoms with Gasteiger partial charge in [-0.1, -0.05) is 11.6 Å². The maximum Gasteiger partial charge on any atom is 0.407 e.